The topological polar surface area (TPSA) is 20.2 Å². The fourth-order valence-corrected chi connectivity index (χ4v) is 3.14. The molecule has 1 aromatic heterocycles. The quantitative estimate of drug-likeness (QED) is 0.861. The maximum absolute atomic E-state index is 10.2. The fourth-order valence-electron chi connectivity index (χ4n) is 1.43. The third-order valence-electron chi connectivity index (χ3n) is 2.33. The summed E-state index contributed by atoms with van der Waals surface area (Å²) in [5.74, 6) is 0. The van der Waals surface area contributed by atoms with Crippen LogP contribution in [-0.2, 0) is 0 Å². The van der Waals surface area contributed by atoms with Crippen LogP contribution in [0.15, 0.2) is 34.1 Å². The van der Waals surface area contributed by atoms with Gasteiger partial charge in [-0.1, -0.05) is 23.7 Å². The van der Waals surface area contributed by atoms with Crippen molar-refractivity contribution >= 4 is 38.9 Å². The first-order valence-corrected chi connectivity index (χ1v) is 6.76. The molecule has 0 bridgehead atoms. The zero-order valence-corrected chi connectivity index (χ0v) is 11.7. The first kappa shape index (κ1) is 12.1. The lowest BCUT2D eigenvalue weighted by atomic mass is 10.1. The van der Waals surface area contributed by atoms with E-state index in [0.29, 0.717) is 5.02 Å². The maximum atomic E-state index is 10.2. The maximum Gasteiger partial charge on any atom is 0.113 e. The lowest BCUT2D eigenvalue weighted by Crippen LogP contribution is -1.96. The number of benzene rings is 1. The summed E-state index contributed by atoms with van der Waals surface area (Å²) in [5.41, 5.74) is 2.01. The average molecular weight is 318 g/mol. The molecular formula is C12H10BrClOS. The van der Waals surface area contributed by atoms with Crippen LogP contribution < -0.4 is 0 Å². The molecule has 0 aliphatic heterocycles. The molecule has 0 saturated carbocycles. The van der Waals surface area contributed by atoms with Crippen molar-refractivity contribution in [1.29, 1.82) is 0 Å². The summed E-state index contributed by atoms with van der Waals surface area (Å²) >= 11 is 10.8. The normalized spacial score (nSPS) is 12.8. The van der Waals surface area contributed by atoms with E-state index in [2.05, 4.69) is 15.9 Å². The molecule has 1 aromatic carbocycles. The number of halogens is 2. The van der Waals surface area contributed by atoms with Crippen molar-refractivity contribution in [2.24, 2.45) is 0 Å². The van der Waals surface area contributed by atoms with Gasteiger partial charge in [-0.25, -0.2) is 0 Å². The van der Waals surface area contributed by atoms with Gasteiger partial charge in [0.15, 0.2) is 0 Å². The lowest BCUT2D eigenvalue weighted by Gasteiger charge is -2.08. The van der Waals surface area contributed by atoms with Gasteiger partial charge in [0.05, 0.1) is 3.79 Å². The Morgan fingerprint density at radius 3 is 2.44 bits per heavy atom. The first-order valence-electron chi connectivity index (χ1n) is 4.77. The molecule has 0 aliphatic rings. The molecule has 0 aliphatic carbocycles. The van der Waals surface area contributed by atoms with Crippen molar-refractivity contribution in [3.8, 4) is 0 Å². The molecule has 1 heterocycles. The van der Waals surface area contributed by atoms with Gasteiger partial charge in [-0.3, -0.25) is 0 Å². The molecule has 0 spiro atoms. The number of thiophene rings is 1. The molecule has 0 fully saturated rings. The van der Waals surface area contributed by atoms with E-state index in [1.807, 2.05) is 25.1 Å². The molecule has 16 heavy (non-hydrogen) atoms. The van der Waals surface area contributed by atoms with Crippen molar-refractivity contribution in [1.82, 2.24) is 0 Å². The minimum atomic E-state index is -0.577. The van der Waals surface area contributed by atoms with Gasteiger partial charge in [0.1, 0.15) is 6.10 Å². The highest BCUT2D eigenvalue weighted by molar-refractivity contribution is 9.11. The van der Waals surface area contributed by atoms with Crippen LogP contribution >= 0.6 is 38.9 Å². The minimum absolute atomic E-state index is 0.577. The number of aliphatic hydroxyl groups excluding tert-OH is 1. The highest BCUT2D eigenvalue weighted by Crippen LogP contribution is 2.34. The van der Waals surface area contributed by atoms with E-state index < -0.39 is 6.10 Å². The van der Waals surface area contributed by atoms with Crippen LogP contribution in [0.2, 0.25) is 5.02 Å². The molecule has 2 rings (SSSR count). The Balaban J connectivity index is 2.31. The fraction of sp³-hybridized carbons (Fsp3) is 0.167. The SMILES string of the molecule is Cc1cc(C(O)c2ccc(Cl)cc2)sc1Br. The zero-order valence-electron chi connectivity index (χ0n) is 8.58. The van der Waals surface area contributed by atoms with Crippen molar-refractivity contribution in [3.63, 3.8) is 0 Å². The Kier molecular flexibility index (Phi) is 3.70. The third kappa shape index (κ3) is 2.48. The van der Waals surface area contributed by atoms with Crippen molar-refractivity contribution < 1.29 is 5.11 Å². The van der Waals surface area contributed by atoms with Gasteiger partial charge in [-0.2, -0.15) is 0 Å². The predicted octanol–water partition coefficient (Wildman–Crippen LogP) is 4.55. The van der Waals surface area contributed by atoms with Gasteiger partial charge < -0.3 is 5.11 Å². The molecule has 1 N–H and O–H groups in total. The van der Waals surface area contributed by atoms with Crippen LogP contribution in [0, 0.1) is 6.92 Å². The third-order valence-corrected chi connectivity index (χ3v) is 4.77. The van der Waals surface area contributed by atoms with E-state index in [4.69, 9.17) is 11.6 Å². The second-order valence-electron chi connectivity index (χ2n) is 3.56. The number of rotatable bonds is 2. The van der Waals surface area contributed by atoms with Crippen LogP contribution in [0.25, 0.3) is 0 Å². The Bertz CT molecular complexity index is 473. The van der Waals surface area contributed by atoms with Gasteiger partial charge in [-0.15, -0.1) is 11.3 Å². The molecule has 2 aromatic rings. The van der Waals surface area contributed by atoms with Gasteiger partial charge in [0.2, 0.25) is 0 Å². The highest BCUT2D eigenvalue weighted by Gasteiger charge is 2.14. The van der Waals surface area contributed by atoms with E-state index in [1.165, 1.54) is 0 Å². The molecule has 1 atom stereocenters. The van der Waals surface area contributed by atoms with Crippen molar-refractivity contribution in [2.45, 2.75) is 13.0 Å². The van der Waals surface area contributed by atoms with Crippen LogP contribution in [0.4, 0.5) is 0 Å². The Labute approximate surface area is 112 Å². The number of hydrogen-bond donors (Lipinski definition) is 1. The number of aryl methyl sites for hydroxylation is 1. The van der Waals surface area contributed by atoms with Gasteiger partial charge >= 0.3 is 0 Å². The second-order valence-corrected chi connectivity index (χ2v) is 6.40. The smallest absolute Gasteiger partial charge is 0.113 e. The van der Waals surface area contributed by atoms with Crippen LogP contribution in [0.5, 0.6) is 0 Å². The molecule has 0 radical (unpaired) electrons. The summed E-state index contributed by atoms with van der Waals surface area (Å²) in [6, 6.07) is 9.26. The van der Waals surface area contributed by atoms with Gasteiger partial charge in [0.25, 0.3) is 0 Å². The van der Waals surface area contributed by atoms with E-state index >= 15 is 0 Å². The molecule has 4 heteroatoms. The van der Waals surface area contributed by atoms with Crippen molar-refractivity contribution in [3.05, 3.63) is 55.1 Å². The van der Waals surface area contributed by atoms with Crippen LogP contribution in [0.3, 0.4) is 0 Å². The minimum Gasteiger partial charge on any atom is -0.383 e. The molecule has 84 valence electrons. The monoisotopic (exact) mass is 316 g/mol. The Morgan fingerprint density at radius 1 is 1.31 bits per heavy atom. The predicted molar refractivity (Wildman–Crippen MR) is 72.3 cm³/mol. The van der Waals surface area contributed by atoms with Gasteiger partial charge in [-0.05, 0) is 52.2 Å². The van der Waals surface area contributed by atoms with Crippen LogP contribution in [-0.4, -0.2) is 5.11 Å². The molecule has 1 unspecified atom stereocenters. The van der Waals surface area contributed by atoms with E-state index in [9.17, 15) is 5.11 Å². The highest BCUT2D eigenvalue weighted by atomic mass is 79.9. The van der Waals surface area contributed by atoms with E-state index in [1.54, 1.807) is 23.5 Å². The summed E-state index contributed by atoms with van der Waals surface area (Å²) in [6.45, 7) is 2.01. The largest absolute Gasteiger partial charge is 0.383 e. The van der Waals surface area contributed by atoms with Gasteiger partial charge in [0, 0.05) is 9.90 Å². The summed E-state index contributed by atoms with van der Waals surface area (Å²) in [5, 5.41) is 10.8. The molecule has 0 saturated heterocycles. The molecule has 0 amide bonds. The molecule has 1 nitrogen and oxygen atoms in total. The Morgan fingerprint density at radius 2 is 1.94 bits per heavy atom. The Hall–Kier alpha value is -0.350. The van der Waals surface area contributed by atoms with E-state index in [-0.39, 0.29) is 0 Å². The average Bonchev–Trinajstić information content (AvgIpc) is 2.59. The summed E-state index contributed by atoms with van der Waals surface area (Å²) < 4.78 is 1.07. The van der Waals surface area contributed by atoms with Crippen molar-refractivity contribution in [2.75, 3.05) is 0 Å². The summed E-state index contributed by atoms with van der Waals surface area (Å²) in [6.07, 6.45) is -0.577. The van der Waals surface area contributed by atoms with E-state index in [0.717, 1.165) is 19.8 Å². The summed E-state index contributed by atoms with van der Waals surface area (Å²) in [4.78, 5) is 0.937. The number of aliphatic hydroxyl groups is 1. The number of hydrogen-bond acceptors (Lipinski definition) is 2. The first-order chi connectivity index (χ1) is 7.58. The zero-order chi connectivity index (χ0) is 11.7. The summed E-state index contributed by atoms with van der Waals surface area (Å²) in [7, 11) is 0. The van der Waals surface area contributed by atoms with Crippen LogP contribution in [0.1, 0.15) is 22.1 Å². The molecular weight excluding hydrogens is 308 g/mol. The lowest BCUT2D eigenvalue weighted by molar-refractivity contribution is 0.224. The second kappa shape index (κ2) is 4.88. The standard InChI is InChI=1S/C12H10BrClOS/c1-7-6-10(16-12(7)13)11(15)8-2-4-9(14)5-3-8/h2-6,11,15H,1H3.